The minimum absolute atomic E-state index is 0.231. The van der Waals surface area contributed by atoms with E-state index in [2.05, 4.69) is 4.90 Å². The fourth-order valence-corrected chi connectivity index (χ4v) is 3.89. The van der Waals surface area contributed by atoms with Crippen molar-refractivity contribution in [1.82, 2.24) is 9.88 Å². The van der Waals surface area contributed by atoms with E-state index in [1.807, 2.05) is 26.0 Å². The van der Waals surface area contributed by atoms with Crippen LogP contribution in [0.25, 0.3) is 10.2 Å². The van der Waals surface area contributed by atoms with Gasteiger partial charge in [-0.3, -0.25) is 0 Å². The number of thiazole rings is 1. The molecule has 0 aliphatic carbocycles. The van der Waals surface area contributed by atoms with E-state index in [0.717, 1.165) is 39.0 Å². The van der Waals surface area contributed by atoms with Gasteiger partial charge in [-0.2, -0.15) is 0 Å². The molecule has 3 rings (SSSR count). The number of hydrogen-bond donors (Lipinski definition) is 0. The van der Waals surface area contributed by atoms with Crippen LogP contribution >= 0.6 is 22.9 Å². The zero-order valence-electron chi connectivity index (χ0n) is 12.6. The van der Waals surface area contributed by atoms with Crippen molar-refractivity contribution >= 4 is 44.4 Å². The number of benzene rings is 1. The maximum absolute atomic E-state index is 11.7. The highest BCUT2D eigenvalue weighted by atomic mass is 35.5. The van der Waals surface area contributed by atoms with E-state index in [1.165, 1.54) is 0 Å². The Morgan fingerprint density at radius 1 is 1.36 bits per heavy atom. The zero-order valence-corrected chi connectivity index (χ0v) is 14.2. The number of aromatic nitrogens is 1. The second-order valence-corrected chi connectivity index (χ2v) is 6.60. The molecule has 0 bridgehead atoms. The molecule has 22 heavy (non-hydrogen) atoms. The average molecular weight is 340 g/mol. The fraction of sp³-hybridized carbons (Fsp3) is 0.467. The van der Waals surface area contributed by atoms with E-state index in [9.17, 15) is 4.79 Å². The van der Waals surface area contributed by atoms with Crippen LogP contribution in [0.15, 0.2) is 12.1 Å². The normalized spacial score (nSPS) is 15.4. The Labute approximate surface area is 138 Å². The Morgan fingerprint density at radius 3 is 2.73 bits per heavy atom. The molecule has 118 valence electrons. The molecule has 0 unspecified atom stereocenters. The Kier molecular flexibility index (Phi) is 4.40. The lowest BCUT2D eigenvalue weighted by Gasteiger charge is -2.33. The highest BCUT2D eigenvalue weighted by Gasteiger charge is 2.24. The lowest BCUT2D eigenvalue weighted by Crippen LogP contribution is -2.48. The first-order valence-electron chi connectivity index (χ1n) is 7.32. The van der Waals surface area contributed by atoms with Crippen molar-refractivity contribution < 1.29 is 9.53 Å². The third-order valence-electron chi connectivity index (χ3n) is 3.76. The van der Waals surface area contributed by atoms with E-state index in [0.29, 0.717) is 19.7 Å². The molecule has 0 radical (unpaired) electrons. The largest absolute Gasteiger partial charge is 0.450 e. The molecule has 1 amide bonds. The monoisotopic (exact) mass is 339 g/mol. The van der Waals surface area contributed by atoms with Crippen LogP contribution in [0.4, 0.5) is 9.93 Å². The number of anilines is 1. The highest BCUT2D eigenvalue weighted by molar-refractivity contribution is 7.22. The highest BCUT2D eigenvalue weighted by Crippen LogP contribution is 2.35. The summed E-state index contributed by atoms with van der Waals surface area (Å²) in [6, 6.07) is 3.91. The number of amides is 1. The molecule has 1 fully saturated rings. The number of carbonyl (C=O) groups is 1. The molecule has 0 saturated carbocycles. The summed E-state index contributed by atoms with van der Waals surface area (Å²) in [4.78, 5) is 20.4. The summed E-state index contributed by atoms with van der Waals surface area (Å²) in [5, 5.41) is 1.71. The predicted octanol–water partition coefficient (Wildman–Crippen LogP) is 3.54. The number of piperazine rings is 1. The summed E-state index contributed by atoms with van der Waals surface area (Å²) in [5.41, 5.74) is 2.10. The van der Waals surface area contributed by atoms with Crippen LogP contribution in [0.2, 0.25) is 5.02 Å². The van der Waals surface area contributed by atoms with Crippen molar-refractivity contribution in [2.45, 2.75) is 13.8 Å². The molecule has 1 aromatic heterocycles. The molecule has 5 nitrogen and oxygen atoms in total. The number of nitrogens with zero attached hydrogens (tertiary/aromatic N) is 3. The standard InChI is InChI=1S/C15H18ClN3O2S/c1-3-21-15(20)19-8-6-18(7-9-19)14-17-12-10(2)4-5-11(16)13(12)22-14/h4-5H,3,6-9H2,1-2H3. The number of carbonyl (C=O) groups excluding carboxylic acids is 1. The quantitative estimate of drug-likeness (QED) is 0.839. The van der Waals surface area contributed by atoms with Gasteiger partial charge in [0.25, 0.3) is 0 Å². The Bertz CT molecular complexity index is 656. The van der Waals surface area contributed by atoms with Gasteiger partial charge >= 0.3 is 6.09 Å². The van der Waals surface area contributed by atoms with Gasteiger partial charge < -0.3 is 14.5 Å². The van der Waals surface area contributed by atoms with Gasteiger partial charge in [0.15, 0.2) is 5.13 Å². The molecular weight excluding hydrogens is 322 g/mol. The minimum Gasteiger partial charge on any atom is -0.450 e. The summed E-state index contributed by atoms with van der Waals surface area (Å²) in [6.07, 6.45) is -0.231. The summed E-state index contributed by atoms with van der Waals surface area (Å²) in [5.74, 6) is 0. The maximum atomic E-state index is 11.7. The van der Waals surface area contributed by atoms with Crippen LogP contribution in [-0.2, 0) is 4.74 Å². The number of ether oxygens (including phenoxy) is 1. The van der Waals surface area contributed by atoms with Crippen molar-refractivity contribution in [2.24, 2.45) is 0 Å². The lowest BCUT2D eigenvalue weighted by atomic mass is 10.2. The average Bonchev–Trinajstić information content (AvgIpc) is 2.98. The summed E-state index contributed by atoms with van der Waals surface area (Å²) < 4.78 is 6.07. The van der Waals surface area contributed by atoms with Gasteiger partial charge in [0.1, 0.15) is 0 Å². The van der Waals surface area contributed by atoms with Crippen LogP contribution in [0.5, 0.6) is 0 Å². The molecule has 0 spiro atoms. The van der Waals surface area contributed by atoms with Gasteiger partial charge in [0.05, 0.1) is 21.8 Å². The Morgan fingerprint density at radius 2 is 2.09 bits per heavy atom. The van der Waals surface area contributed by atoms with Crippen LogP contribution in [0.1, 0.15) is 12.5 Å². The van der Waals surface area contributed by atoms with Crippen LogP contribution in [0.3, 0.4) is 0 Å². The minimum atomic E-state index is -0.231. The molecule has 0 N–H and O–H groups in total. The van der Waals surface area contributed by atoms with E-state index in [-0.39, 0.29) is 6.09 Å². The third-order valence-corrected chi connectivity index (χ3v) is 5.34. The summed E-state index contributed by atoms with van der Waals surface area (Å²) in [7, 11) is 0. The zero-order chi connectivity index (χ0) is 15.7. The van der Waals surface area contributed by atoms with Gasteiger partial charge in [-0.25, -0.2) is 9.78 Å². The van der Waals surface area contributed by atoms with E-state index < -0.39 is 0 Å². The van der Waals surface area contributed by atoms with Crippen molar-refractivity contribution in [1.29, 1.82) is 0 Å². The molecule has 1 aliphatic rings. The first kappa shape index (κ1) is 15.4. The second kappa shape index (κ2) is 6.30. The number of aryl methyl sites for hydroxylation is 1. The summed E-state index contributed by atoms with van der Waals surface area (Å²) >= 11 is 7.88. The van der Waals surface area contributed by atoms with Crippen LogP contribution < -0.4 is 4.90 Å². The second-order valence-electron chi connectivity index (χ2n) is 5.21. The van der Waals surface area contributed by atoms with Gasteiger partial charge in [0.2, 0.25) is 0 Å². The maximum Gasteiger partial charge on any atom is 0.409 e. The lowest BCUT2D eigenvalue weighted by molar-refractivity contribution is 0.105. The SMILES string of the molecule is CCOC(=O)N1CCN(c2nc3c(C)ccc(Cl)c3s2)CC1. The predicted molar refractivity (Wildman–Crippen MR) is 90.2 cm³/mol. The first-order valence-corrected chi connectivity index (χ1v) is 8.52. The van der Waals surface area contributed by atoms with Gasteiger partial charge in [-0.05, 0) is 25.5 Å². The van der Waals surface area contributed by atoms with E-state index >= 15 is 0 Å². The van der Waals surface area contributed by atoms with Crippen molar-refractivity contribution in [3.63, 3.8) is 0 Å². The van der Waals surface area contributed by atoms with Gasteiger partial charge in [0, 0.05) is 26.2 Å². The third kappa shape index (κ3) is 2.85. The topological polar surface area (TPSA) is 45.7 Å². The number of rotatable bonds is 2. The molecule has 1 aliphatic heterocycles. The fourth-order valence-electron chi connectivity index (χ4n) is 2.52. The molecule has 2 aromatic rings. The molecule has 2 heterocycles. The van der Waals surface area contributed by atoms with Gasteiger partial charge in [-0.1, -0.05) is 29.0 Å². The van der Waals surface area contributed by atoms with Crippen LogP contribution in [-0.4, -0.2) is 48.8 Å². The van der Waals surface area contributed by atoms with E-state index in [1.54, 1.807) is 16.2 Å². The molecular formula is C15H18ClN3O2S. The molecule has 0 atom stereocenters. The number of halogens is 1. The van der Waals surface area contributed by atoms with Crippen molar-refractivity contribution in [2.75, 3.05) is 37.7 Å². The van der Waals surface area contributed by atoms with Crippen LogP contribution in [0, 0.1) is 6.92 Å². The molecule has 1 aromatic carbocycles. The molecule has 1 saturated heterocycles. The van der Waals surface area contributed by atoms with Gasteiger partial charge in [-0.15, -0.1) is 0 Å². The Balaban J connectivity index is 1.75. The summed E-state index contributed by atoms with van der Waals surface area (Å²) in [6.45, 7) is 7.10. The van der Waals surface area contributed by atoms with E-state index in [4.69, 9.17) is 21.3 Å². The molecule has 7 heteroatoms. The first-order chi connectivity index (χ1) is 10.6. The van der Waals surface area contributed by atoms with Crippen molar-refractivity contribution in [3.8, 4) is 0 Å². The number of hydrogen-bond acceptors (Lipinski definition) is 5. The number of fused-ring (bicyclic) bond motifs is 1. The Hall–Kier alpha value is -1.53. The smallest absolute Gasteiger partial charge is 0.409 e. The van der Waals surface area contributed by atoms with Crippen molar-refractivity contribution in [3.05, 3.63) is 22.7 Å².